The van der Waals surface area contributed by atoms with Crippen molar-refractivity contribution in [1.82, 2.24) is 20.0 Å². The number of aromatic nitrogens is 4. The Morgan fingerprint density at radius 1 is 1.19 bits per heavy atom. The second-order valence-corrected chi connectivity index (χ2v) is 8.11. The Morgan fingerprint density at radius 3 is 2.81 bits per heavy atom. The summed E-state index contributed by atoms with van der Waals surface area (Å²) in [5.74, 6) is 0.171. The van der Waals surface area contributed by atoms with Gasteiger partial charge in [-0.05, 0) is 54.0 Å². The Morgan fingerprint density at radius 2 is 2.04 bits per heavy atom. The van der Waals surface area contributed by atoms with Crippen molar-refractivity contribution in [2.75, 3.05) is 0 Å². The van der Waals surface area contributed by atoms with Crippen LogP contribution < -0.4 is 0 Å². The first kappa shape index (κ1) is 15.7. The van der Waals surface area contributed by atoms with Gasteiger partial charge in [-0.15, -0.1) is 0 Å². The van der Waals surface area contributed by atoms with Crippen LogP contribution in [0.3, 0.4) is 0 Å². The summed E-state index contributed by atoms with van der Waals surface area (Å²) in [6, 6.07) is 10.8. The molecule has 5 rings (SSSR count). The summed E-state index contributed by atoms with van der Waals surface area (Å²) < 4.78 is 16.2. The third kappa shape index (κ3) is 1.91. The molecule has 0 saturated heterocycles. The van der Waals surface area contributed by atoms with E-state index in [0.717, 1.165) is 25.1 Å². The molecule has 3 aromatic rings. The van der Waals surface area contributed by atoms with Gasteiger partial charge in [0, 0.05) is 23.4 Å². The van der Waals surface area contributed by atoms with E-state index in [4.69, 9.17) is 0 Å². The molecule has 4 nitrogen and oxygen atoms in total. The first-order chi connectivity index (χ1) is 12.5. The van der Waals surface area contributed by atoms with E-state index in [2.05, 4.69) is 35.2 Å². The van der Waals surface area contributed by atoms with Gasteiger partial charge in [0.2, 0.25) is 0 Å². The van der Waals surface area contributed by atoms with Crippen LogP contribution in [0, 0.1) is 11.2 Å². The molecule has 0 radical (unpaired) electrons. The highest BCUT2D eigenvalue weighted by molar-refractivity contribution is 5.62. The molecule has 0 N–H and O–H groups in total. The van der Waals surface area contributed by atoms with E-state index in [1.165, 1.54) is 11.6 Å². The second-order valence-electron chi connectivity index (χ2n) is 8.11. The van der Waals surface area contributed by atoms with Crippen molar-refractivity contribution >= 4 is 0 Å². The van der Waals surface area contributed by atoms with E-state index in [0.29, 0.717) is 17.2 Å². The third-order valence-electron chi connectivity index (χ3n) is 6.76. The zero-order chi connectivity index (χ0) is 17.9. The summed E-state index contributed by atoms with van der Waals surface area (Å²) in [5, 5.41) is 13.5. The van der Waals surface area contributed by atoms with Gasteiger partial charge in [-0.25, -0.2) is 4.39 Å². The summed E-state index contributed by atoms with van der Waals surface area (Å²) in [4.78, 5) is 0. The monoisotopic (exact) mass is 348 g/mol. The molecule has 1 aromatic carbocycles. The van der Waals surface area contributed by atoms with Crippen LogP contribution in [0.15, 0.2) is 48.8 Å². The van der Waals surface area contributed by atoms with Crippen LogP contribution in [-0.4, -0.2) is 20.0 Å². The number of nitrogens with zero attached hydrogens (tertiary/aromatic N) is 4. The fourth-order valence-electron chi connectivity index (χ4n) is 5.25. The highest BCUT2D eigenvalue weighted by atomic mass is 19.1. The topological polar surface area (TPSA) is 43.6 Å². The zero-order valence-corrected chi connectivity index (χ0v) is 15.0. The minimum atomic E-state index is -0.254. The van der Waals surface area contributed by atoms with Crippen molar-refractivity contribution in [3.8, 4) is 11.3 Å². The predicted octanol–water partition coefficient (Wildman–Crippen LogP) is 4.33. The Labute approximate surface area is 152 Å². The zero-order valence-electron chi connectivity index (χ0n) is 15.0. The van der Waals surface area contributed by atoms with Crippen molar-refractivity contribution in [2.24, 2.45) is 5.41 Å². The molecule has 2 bridgehead atoms. The van der Waals surface area contributed by atoms with Gasteiger partial charge in [0.15, 0.2) is 0 Å². The minimum absolute atomic E-state index is 0.0697. The molecular weight excluding hydrogens is 327 g/mol. The summed E-state index contributed by atoms with van der Waals surface area (Å²) in [7, 11) is 0. The lowest BCUT2D eigenvalue weighted by Gasteiger charge is -2.37. The van der Waals surface area contributed by atoms with Crippen molar-refractivity contribution < 1.29 is 4.39 Å². The predicted molar refractivity (Wildman–Crippen MR) is 97.1 cm³/mol. The Kier molecular flexibility index (Phi) is 3.15. The standard InChI is InChI=1S/C21H21FN4/c1-20(2)16-8-9-21(20,13-26-11-5-10-23-26)19-15(16)12-18(24-25-19)14-6-3-4-7-17(14)22/h3-7,10-12,16H,8-9,13H2,1-2H3. The molecule has 26 heavy (non-hydrogen) atoms. The lowest BCUT2D eigenvalue weighted by molar-refractivity contribution is 0.173. The van der Waals surface area contributed by atoms with Crippen LogP contribution in [0.2, 0.25) is 0 Å². The number of fused-ring (bicyclic) bond motifs is 5. The molecule has 2 aromatic heterocycles. The van der Waals surface area contributed by atoms with E-state index in [-0.39, 0.29) is 16.6 Å². The number of hydrogen-bond acceptors (Lipinski definition) is 3. The quantitative estimate of drug-likeness (QED) is 0.707. The van der Waals surface area contributed by atoms with Gasteiger partial charge in [-0.2, -0.15) is 15.3 Å². The minimum Gasteiger partial charge on any atom is -0.272 e. The summed E-state index contributed by atoms with van der Waals surface area (Å²) in [6.07, 6.45) is 6.05. The van der Waals surface area contributed by atoms with Crippen LogP contribution in [0.1, 0.15) is 43.9 Å². The van der Waals surface area contributed by atoms with Gasteiger partial charge in [-0.3, -0.25) is 4.68 Å². The van der Waals surface area contributed by atoms with Gasteiger partial charge in [-0.1, -0.05) is 26.0 Å². The lowest BCUT2D eigenvalue weighted by Crippen LogP contribution is -2.40. The van der Waals surface area contributed by atoms with Crippen molar-refractivity contribution in [3.05, 3.63) is 65.9 Å². The maximum absolute atomic E-state index is 14.2. The van der Waals surface area contributed by atoms with Gasteiger partial charge in [0.05, 0.1) is 17.9 Å². The smallest absolute Gasteiger partial charge is 0.132 e. The van der Waals surface area contributed by atoms with E-state index >= 15 is 0 Å². The van der Waals surface area contributed by atoms with Crippen LogP contribution in [0.25, 0.3) is 11.3 Å². The SMILES string of the molecule is CC1(C)C2CCC1(Cn1cccn1)c1nnc(-c3ccccc3F)cc12. The molecule has 2 aliphatic carbocycles. The molecule has 2 heterocycles. The summed E-state index contributed by atoms with van der Waals surface area (Å²) in [6.45, 7) is 5.47. The summed E-state index contributed by atoms with van der Waals surface area (Å²) in [5.41, 5.74) is 3.46. The molecule has 0 amide bonds. The third-order valence-corrected chi connectivity index (χ3v) is 6.76. The van der Waals surface area contributed by atoms with E-state index in [1.807, 2.05) is 29.2 Å². The van der Waals surface area contributed by atoms with E-state index in [9.17, 15) is 4.39 Å². The van der Waals surface area contributed by atoms with Gasteiger partial charge in [0.1, 0.15) is 5.82 Å². The maximum Gasteiger partial charge on any atom is 0.132 e. The van der Waals surface area contributed by atoms with Crippen LogP contribution in [0.4, 0.5) is 4.39 Å². The highest BCUT2D eigenvalue weighted by Crippen LogP contribution is 2.67. The number of hydrogen-bond donors (Lipinski definition) is 0. The van der Waals surface area contributed by atoms with E-state index in [1.54, 1.807) is 12.1 Å². The second kappa shape index (κ2) is 5.22. The van der Waals surface area contributed by atoms with Crippen LogP contribution in [0.5, 0.6) is 0 Å². The Hall–Kier alpha value is -2.56. The van der Waals surface area contributed by atoms with Gasteiger partial charge in [0.25, 0.3) is 0 Å². The molecule has 1 fully saturated rings. The van der Waals surface area contributed by atoms with Gasteiger partial charge < -0.3 is 0 Å². The molecule has 2 unspecified atom stereocenters. The Bertz CT molecular complexity index is 979. The largest absolute Gasteiger partial charge is 0.272 e. The normalized spacial score (nSPS) is 25.4. The maximum atomic E-state index is 14.2. The van der Waals surface area contributed by atoms with Crippen LogP contribution in [-0.2, 0) is 12.0 Å². The molecule has 132 valence electrons. The molecule has 1 saturated carbocycles. The Balaban J connectivity index is 1.65. The average molecular weight is 348 g/mol. The molecular formula is C21H21FN4. The first-order valence-electron chi connectivity index (χ1n) is 9.13. The number of halogens is 1. The average Bonchev–Trinajstić information content (AvgIpc) is 3.27. The molecule has 5 heteroatoms. The fraction of sp³-hybridized carbons (Fsp3) is 0.381. The van der Waals surface area contributed by atoms with Crippen molar-refractivity contribution in [2.45, 2.75) is 44.6 Å². The summed E-state index contributed by atoms with van der Waals surface area (Å²) >= 11 is 0. The van der Waals surface area contributed by atoms with Crippen molar-refractivity contribution in [3.63, 3.8) is 0 Å². The molecule has 0 spiro atoms. The molecule has 2 atom stereocenters. The molecule has 2 aliphatic rings. The highest BCUT2D eigenvalue weighted by Gasteiger charge is 2.63. The number of rotatable bonds is 3. The van der Waals surface area contributed by atoms with Crippen LogP contribution >= 0.6 is 0 Å². The van der Waals surface area contributed by atoms with Crippen molar-refractivity contribution in [1.29, 1.82) is 0 Å². The first-order valence-corrected chi connectivity index (χ1v) is 9.13. The number of benzene rings is 1. The fourth-order valence-corrected chi connectivity index (χ4v) is 5.25. The van der Waals surface area contributed by atoms with Gasteiger partial charge >= 0.3 is 0 Å². The van der Waals surface area contributed by atoms with E-state index < -0.39 is 0 Å². The molecule has 0 aliphatic heterocycles. The lowest BCUT2D eigenvalue weighted by atomic mass is 9.68.